The zero-order valence-corrected chi connectivity index (χ0v) is 8.46. The van der Waals surface area contributed by atoms with E-state index in [1.807, 2.05) is 17.9 Å². The van der Waals surface area contributed by atoms with Gasteiger partial charge < -0.3 is 0 Å². The van der Waals surface area contributed by atoms with Gasteiger partial charge in [0, 0.05) is 18.7 Å². The Balaban J connectivity index is 2.98. The van der Waals surface area contributed by atoms with Gasteiger partial charge in [-0.1, -0.05) is 13.8 Å². The Morgan fingerprint density at radius 3 is 2.33 bits per heavy atom. The first-order valence-corrected chi connectivity index (χ1v) is 4.69. The zero-order valence-electron chi connectivity index (χ0n) is 8.46. The molecule has 1 rings (SSSR count). The summed E-state index contributed by atoms with van der Waals surface area (Å²) >= 11 is 0. The van der Waals surface area contributed by atoms with Gasteiger partial charge >= 0.3 is 0 Å². The maximum Gasteiger partial charge on any atom is 0.0521 e. The van der Waals surface area contributed by atoms with E-state index in [0.29, 0.717) is 5.92 Å². The largest absolute Gasteiger partial charge is 0.272 e. The zero-order chi connectivity index (χ0) is 9.14. The van der Waals surface area contributed by atoms with E-state index in [1.54, 1.807) is 0 Å². The van der Waals surface area contributed by atoms with E-state index in [1.165, 1.54) is 24.1 Å². The summed E-state index contributed by atoms with van der Waals surface area (Å²) in [5, 5.41) is 4.25. The maximum absolute atomic E-state index is 4.25. The predicted molar refractivity (Wildman–Crippen MR) is 51.3 cm³/mol. The average Bonchev–Trinajstić information content (AvgIpc) is 2.38. The van der Waals surface area contributed by atoms with Crippen molar-refractivity contribution in [1.29, 1.82) is 0 Å². The molecule has 0 aliphatic rings. The van der Waals surface area contributed by atoms with Crippen LogP contribution in [0.3, 0.4) is 0 Å². The van der Waals surface area contributed by atoms with Crippen molar-refractivity contribution < 1.29 is 0 Å². The molecule has 0 spiro atoms. The first kappa shape index (κ1) is 9.30. The van der Waals surface area contributed by atoms with Crippen molar-refractivity contribution in [2.45, 2.75) is 39.5 Å². The molecule has 0 aliphatic heterocycles. The minimum Gasteiger partial charge on any atom is -0.272 e. The van der Waals surface area contributed by atoms with Crippen molar-refractivity contribution in [2.24, 2.45) is 7.05 Å². The first-order valence-electron chi connectivity index (χ1n) is 4.69. The van der Waals surface area contributed by atoms with Gasteiger partial charge in [-0.2, -0.15) is 5.10 Å². The van der Waals surface area contributed by atoms with Crippen LogP contribution in [0.4, 0.5) is 0 Å². The lowest BCUT2D eigenvalue weighted by molar-refractivity contribution is 0.570. The van der Waals surface area contributed by atoms with Gasteiger partial charge in [-0.3, -0.25) is 4.68 Å². The van der Waals surface area contributed by atoms with E-state index in [0.717, 1.165) is 0 Å². The number of nitrogens with zero attached hydrogens (tertiary/aromatic N) is 2. The van der Waals surface area contributed by atoms with Gasteiger partial charge in [-0.05, 0) is 25.3 Å². The molecule has 0 unspecified atom stereocenters. The van der Waals surface area contributed by atoms with Crippen LogP contribution >= 0.6 is 0 Å². The molecule has 0 fully saturated rings. The lowest BCUT2D eigenvalue weighted by Gasteiger charge is -2.13. The van der Waals surface area contributed by atoms with Crippen molar-refractivity contribution in [3.8, 4) is 0 Å². The molecule has 0 saturated heterocycles. The lowest BCUT2D eigenvalue weighted by Crippen LogP contribution is -2.05. The number of hydrogen-bond acceptors (Lipinski definition) is 1. The SMILES string of the molecule is CCC(CC)c1c(C)cnn1C. The van der Waals surface area contributed by atoms with Crippen LogP contribution in [0.1, 0.15) is 43.9 Å². The molecule has 0 atom stereocenters. The van der Waals surface area contributed by atoms with Crippen molar-refractivity contribution in [3.05, 3.63) is 17.5 Å². The molecule has 0 saturated carbocycles. The Kier molecular flexibility index (Phi) is 2.90. The fraction of sp³-hybridized carbons (Fsp3) is 0.700. The van der Waals surface area contributed by atoms with Gasteiger partial charge in [-0.15, -0.1) is 0 Å². The van der Waals surface area contributed by atoms with E-state index in [2.05, 4.69) is 25.9 Å². The predicted octanol–water partition coefficient (Wildman–Crippen LogP) is 2.63. The molecule has 2 nitrogen and oxygen atoms in total. The van der Waals surface area contributed by atoms with Crippen molar-refractivity contribution in [1.82, 2.24) is 9.78 Å². The van der Waals surface area contributed by atoms with E-state index in [4.69, 9.17) is 0 Å². The maximum atomic E-state index is 4.25. The number of aryl methyl sites for hydroxylation is 2. The topological polar surface area (TPSA) is 17.8 Å². The van der Waals surface area contributed by atoms with Crippen LogP contribution in [0.5, 0.6) is 0 Å². The monoisotopic (exact) mass is 166 g/mol. The van der Waals surface area contributed by atoms with Gasteiger partial charge in [0.05, 0.1) is 6.20 Å². The minimum atomic E-state index is 0.678. The number of hydrogen-bond donors (Lipinski definition) is 0. The van der Waals surface area contributed by atoms with Crippen LogP contribution in [0.2, 0.25) is 0 Å². The smallest absolute Gasteiger partial charge is 0.0521 e. The Hall–Kier alpha value is -0.790. The summed E-state index contributed by atoms with van der Waals surface area (Å²) in [5.74, 6) is 0.678. The summed E-state index contributed by atoms with van der Waals surface area (Å²) in [6.45, 7) is 6.61. The second-order valence-corrected chi connectivity index (χ2v) is 3.35. The van der Waals surface area contributed by atoms with E-state index in [-0.39, 0.29) is 0 Å². The van der Waals surface area contributed by atoms with E-state index < -0.39 is 0 Å². The Bertz CT molecular complexity index is 227. The molecule has 12 heavy (non-hydrogen) atoms. The molecule has 1 heterocycles. The molecular formula is C10H18N2. The van der Waals surface area contributed by atoms with Gasteiger partial charge in [0.15, 0.2) is 0 Å². The quantitative estimate of drug-likeness (QED) is 0.675. The van der Waals surface area contributed by atoms with Gasteiger partial charge in [-0.25, -0.2) is 0 Å². The molecule has 2 heteroatoms. The Labute approximate surface area is 74.6 Å². The fourth-order valence-electron chi connectivity index (χ4n) is 1.82. The van der Waals surface area contributed by atoms with Gasteiger partial charge in [0.1, 0.15) is 0 Å². The fourth-order valence-corrected chi connectivity index (χ4v) is 1.82. The van der Waals surface area contributed by atoms with Crippen LogP contribution in [-0.4, -0.2) is 9.78 Å². The second-order valence-electron chi connectivity index (χ2n) is 3.35. The highest BCUT2D eigenvalue weighted by atomic mass is 15.3. The second kappa shape index (κ2) is 3.74. The summed E-state index contributed by atoms with van der Waals surface area (Å²) in [5.41, 5.74) is 2.73. The van der Waals surface area contributed by atoms with Crippen LogP contribution in [0.15, 0.2) is 6.20 Å². The van der Waals surface area contributed by atoms with Crippen LogP contribution in [0, 0.1) is 6.92 Å². The number of aromatic nitrogens is 2. The van der Waals surface area contributed by atoms with Crippen molar-refractivity contribution >= 4 is 0 Å². The summed E-state index contributed by atoms with van der Waals surface area (Å²) < 4.78 is 2.01. The molecule has 0 bridgehead atoms. The molecule has 0 amide bonds. The van der Waals surface area contributed by atoms with Gasteiger partial charge in [0.2, 0.25) is 0 Å². The van der Waals surface area contributed by atoms with Crippen molar-refractivity contribution in [2.75, 3.05) is 0 Å². The van der Waals surface area contributed by atoms with Crippen molar-refractivity contribution in [3.63, 3.8) is 0 Å². The third-order valence-corrected chi connectivity index (χ3v) is 2.55. The normalized spacial score (nSPS) is 11.1. The summed E-state index contributed by atoms with van der Waals surface area (Å²) in [6, 6.07) is 0. The summed E-state index contributed by atoms with van der Waals surface area (Å²) in [7, 11) is 2.03. The third kappa shape index (κ3) is 1.52. The highest BCUT2D eigenvalue weighted by Crippen LogP contribution is 2.24. The lowest BCUT2D eigenvalue weighted by atomic mass is 9.97. The summed E-state index contributed by atoms with van der Waals surface area (Å²) in [6.07, 6.45) is 4.36. The van der Waals surface area contributed by atoms with E-state index >= 15 is 0 Å². The highest BCUT2D eigenvalue weighted by Gasteiger charge is 2.13. The van der Waals surface area contributed by atoms with Gasteiger partial charge in [0.25, 0.3) is 0 Å². The average molecular weight is 166 g/mol. The number of rotatable bonds is 3. The molecule has 68 valence electrons. The Morgan fingerprint density at radius 2 is 2.00 bits per heavy atom. The molecule has 0 radical (unpaired) electrons. The molecule has 0 N–H and O–H groups in total. The van der Waals surface area contributed by atoms with Crippen LogP contribution in [0.25, 0.3) is 0 Å². The standard InChI is InChI=1S/C10H18N2/c1-5-9(6-2)10-8(3)7-11-12(10)4/h7,9H,5-6H2,1-4H3. The Morgan fingerprint density at radius 1 is 1.42 bits per heavy atom. The third-order valence-electron chi connectivity index (χ3n) is 2.55. The van der Waals surface area contributed by atoms with Crippen LogP contribution in [-0.2, 0) is 7.05 Å². The molecular weight excluding hydrogens is 148 g/mol. The molecule has 0 aliphatic carbocycles. The molecule has 1 aromatic heterocycles. The first-order chi connectivity index (χ1) is 5.70. The highest BCUT2D eigenvalue weighted by molar-refractivity contribution is 5.19. The summed E-state index contributed by atoms with van der Waals surface area (Å²) in [4.78, 5) is 0. The minimum absolute atomic E-state index is 0.678. The molecule has 1 aromatic rings. The van der Waals surface area contributed by atoms with E-state index in [9.17, 15) is 0 Å². The van der Waals surface area contributed by atoms with Crippen LogP contribution < -0.4 is 0 Å². The molecule has 0 aromatic carbocycles.